The van der Waals surface area contributed by atoms with Crippen molar-refractivity contribution in [3.8, 4) is 5.75 Å². The molecule has 0 aliphatic carbocycles. The Kier molecular flexibility index (Phi) is 4.45. The second-order valence-electron chi connectivity index (χ2n) is 4.38. The van der Waals surface area contributed by atoms with Gasteiger partial charge in [-0.2, -0.15) is 0 Å². The number of hydrogen-bond acceptors (Lipinski definition) is 3. The van der Waals surface area contributed by atoms with Gasteiger partial charge >= 0.3 is 6.03 Å². The van der Waals surface area contributed by atoms with Gasteiger partial charge in [0.1, 0.15) is 5.75 Å². The number of Topliss-reactive ketones (excluding diaryl/α,β-unsaturated/α-hetero) is 1. The Morgan fingerprint density at radius 2 is 1.71 bits per heavy atom. The van der Waals surface area contributed by atoms with E-state index in [1.54, 1.807) is 24.3 Å². The molecule has 0 unspecified atom stereocenters. The van der Waals surface area contributed by atoms with Crippen LogP contribution in [-0.2, 0) is 0 Å². The minimum Gasteiger partial charge on any atom is -0.506 e. The van der Waals surface area contributed by atoms with Gasteiger partial charge in [-0.3, -0.25) is 4.79 Å². The molecule has 0 aliphatic heterocycles. The van der Waals surface area contributed by atoms with E-state index >= 15 is 0 Å². The standard InChI is InChI=1S/C15H13ClN2O3/c1-9(19)10-3-2-4-11(7-10)17-15(21)18-12-5-6-14(20)13(16)8-12/h2-8,20H,1H3,(H2,17,18,21). The molecule has 108 valence electrons. The molecule has 2 aromatic rings. The van der Waals surface area contributed by atoms with Crippen LogP contribution in [0, 0.1) is 0 Å². The van der Waals surface area contributed by atoms with E-state index < -0.39 is 6.03 Å². The molecule has 2 rings (SSSR count). The topological polar surface area (TPSA) is 78.4 Å². The lowest BCUT2D eigenvalue weighted by Gasteiger charge is -2.09. The van der Waals surface area contributed by atoms with Gasteiger partial charge in [0.05, 0.1) is 5.02 Å². The van der Waals surface area contributed by atoms with Crippen molar-refractivity contribution in [3.63, 3.8) is 0 Å². The molecule has 0 saturated carbocycles. The molecule has 0 spiro atoms. The van der Waals surface area contributed by atoms with Crippen LogP contribution in [0.3, 0.4) is 0 Å². The zero-order chi connectivity index (χ0) is 15.4. The minimum absolute atomic E-state index is 0.0585. The first-order chi connectivity index (χ1) is 9.95. The van der Waals surface area contributed by atoms with Gasteiger partial charge in [0.15, 0.2) is 5.78 Å². The van der Waals surface area contributed by atoms with Gasteiger partial charge < -0.3 is 15.7 Å². The third kappa shape index (κ3) is 3.97. The summed E-state index contributed by atoms with van der Waals surface area (Å²) in [4.78, 5) is 23.1. The highest BCUT2D eigenvalue weighted by molar-refractivity contribution is 6.32. The smallest absolute Gasteiger partial charge is 0.323 e. The average molecular weight is 305 g/mol. The number of hydrogen-bond donors (Lipinski definition) is 3. The molecule has 0 heterocycles. The van der Waals surface area contributed by atoms with Gasteiger partial charge in [0.2, 0.25) is 0 Å². The predicted octanol–water partition coefficient (Wildman–Crippen LogP) is 3.89. The van der Waals surface area contributed by atoms with E-state index in [0.29, 0.717) is 16.9 Å². The summed E-state index contributed by atoms with van der Waals surface area (Å²) in [5.41, 5.74) is 1.46. The van der Waals surface area contributed by atoms with Crippen molar-refractivity contribution in [2.45, 2.75) is 6.92 Å². The number of phenolic OH excluding ortho intramolecular Hbond substituents is 1. The van der Waals surface area contributed by atoms with Crippen molar-refractivity contribution < 1.29 is 14.7 Å². The van der Waals surface area contributed by atoms with Crippen molar-refractivity contribution in [3.05, 3.63) is 53.1 Å². The molecule has 0 aliphatic rings. The average Bonchev–Trinajstić information content (AvgIpc) is 2.43. The van der Waals surface area contributed by atoms with Crippen LogP contribution in [0.4, 0.5) is 16.2 Å². The molecule has 2 aromatic carbocycles. The predicted molar refractivity (Wildman–Crippen MR) is 82.2 cm³/mol. The third-order valence-corrected chi connectivity index (χ3v) is 3.04. The van der Waals surface area contributed by atoms with Crippen LogP contribution in [0.15, 0.2) is 42.5 Å². The summed E-state index contributed by atoms with van der Waals surface area (Å²) in [5, 5.41) is 14.6. The Morgan fingerprint density at radius 3 is 2.33 bits per heavy atom. The first-order valence-corrected chi connectivity index (χ1v) is 6.51. The number of anilines is 2. The first-order valence-electron chi connectivity index (χ1n) is 6.13. The number of aromatic hydroxyl groups is 1. The fourth-order valence-electron chi connectivity index (χ4n) is 1.69. The van der Waals surface area contributed by atoms with Crippen LogP contribution in [0.2, 0.25) is 5.02 Å². The van der Waals surface area contributed by atoms with E-state index in [-0.39, 0.29) is 16.6 Å². The molecule has 0 radical (unpaired) electrons. The number of ketones is 1. The van der Waals surface area contributed by atoms with E-state index in [0.717, 1.165) is 0 Å². The van der Waals surface area contributed by atoms with E-state index in [1.165, 1.54) is 25.1 Å². The highest BCUT2D eigenvalue weighted by Gasteiger charge is 2.06. The lowest BCUT2D eigenvalue weighted by Crippen LogP contribution is -2.19. The Morgan fingerprint density at radius 1 is 1.05 bits per heavy atom. The number of nitrogens with one attached hydrogen (secondary N) is 2. The number of amides is 2. The molecule has 0 bridgehead atoms. The van der Waals surface area contributed by atoms with Crippen LogP contribution in [0.1, 0.15) is 17.3 Å². The highest BCUT2D eigenvalue weighted by Crippen LogP contribution is 2.26. The van der Waals surface area contributed by atoms with Crippen LogP contribution in [-0.4, -0.2) is 16.9 Å². The van der Waals surface area contributed by atoms with Crippen LogP contribution in [0.5, 0.6) is 5.75 Å². The maximum Gasteiger partial charge on any atom is 0.323 e. The number of halogens is 1. The van der Waals surface area contributed by atoms with Crippen molar-refractivity contribution >= 4 is 34.8 Å². The number of phenols is 1. The van der Waals surface area contributed by atoms with Crippen molar-refractivity contribution in [2.75, 3.05) is 10.6 Å². The number of carbonyl (C=O) groups is 2. The quantitative estimate of drug-likeness (QED) is 0.594. The molecule has 0 saturated heterocycles. The third-order valence-electron chi connectivity index (χ3n) is 2.73. The molecular formula is C15H13ClN2O3. The van der Waals surface area contributed by atoms with Crippen LogP contribution in [0.25, 0.3) is 0 Å². The number of rotatable bonds is 3. The Labute approximate surface area is 126 Å². The monoisotopic (exact) mass is 304 g/mol. The SMILES string of the molecule is CC(=O)c1cccc(NC(=O)Nc2ccc(O)c(Cl)c2)c1. The fraction of sp³-hybridized carbons (Fsp3) is 0.0667. The molecule has 0 aromatic heterocycles. The lowest BCUT2D eigenvalue weighted by molar-refractivity contribution is 0.101. The second-order valence-corrected chi connectivity index (χ2v) is 4.79. The van der Waals surface area contributed by atoms with Gasteiger partial charge in [0.25, 0.3) is 0 Å². The van der Waals surface area contributed by atoms with Crippen LogP contribution < -0.4 is 10.6 Å². The molecule has 0 atom stereocenters. The van der Waals surface area contributed by atoms with Gasteiger partial charge in [-0.1, -0.05) is 23.7 Å². The fourth-order valence-corrected chi connectivity index (χ4v) is 1.87. The number of benzene rings is 2. The van der Waals surface area contributed by atoms with Crippen molar-refractivity contribution in [2.24, 2.45) is 0 Å². The number of urea groups is 1. The molecule has 0 fully saturated rings. The van der Waals surface area contributed by atoms with Gasteiger partial charge in [-0.15, -0.1) is 0 Å². The van der Waals surface area contributed by atoms with Crippen molar-refractivity contribution in [1.29, 1.82) is 0 Å². The van der Waals surface area contributed by atoms with E-state index in [1.807, 2.05) is 0 Å². The minimum atomic E-state index is -0.475. The highest BCUT2D eigenvalue weighted by atomic mass is 35.5. The molecular weight excluding hydrogens is 292 g/mol. The van der Waals surface area contributed by atoms with E-state index in [9.17, 15) is 14.7 Å². The maximum absolute atomic E-state index is 11.8. The normalized spacial score (nSPS) is 10.0. The summed E-state index contributed by atoms with van der Waals surface area (Å²) >= 11 is 5.75. The van der Waals surface area contributed by atoms with Gasteiger partial charge in [-0.05, 0) is 37.3 Å². The lowest BCUT2D eigenvalue weighted by atomic mass is 10.1. The maximum atomic E-state index is 11.8. The van der Waals surface area contributed by atoms with E-state index in [4.69, 9.17) is 11.6 Å². The zero-order valence-electron chi connectivity index (χ0n) is 11.2. The van der Waals surface area contributed by atoms with Crippen LogP contribution >= 0.6 is 11.6 Å². The Bertz CT molecular complexity index is 701. The van der Waals surface area contributed by atoms with Gasteiger partial charge in [0, 0.05) is 16.9 Å². The van der Waals surface area contributed by atoms with E-state index in [2.05, 4.69) is 10.6 Å². The largest absolute Gasteiger partial charge is 0.506 e. The van der Waals surface area contributed by atoms with Gasteiger partial charge in [-0.25, -0.2) is 4.79 Å². The Hall–Kier alpha value is -2.53. The molecule has 6 heteroatoms. The summed E-state index contributed by atoms with van der Waals surface area (Å²) in [6, 6.07) is 10.5. The number of carbonyl (C=O) groups excluding carboxylic acids is 2. The summed E-state index contributed by atoms with van der Waals surface area (Å²) in [6.45, 7) is 1.46. The summed E-state index contributed by atoms with van der Waals surface area (Å²) in [7, 11) is 0. The molecule has 5 nitrogen and oxygen atoms in total. The molecule has 2 amide bonds. The van der Waals surface area contributed by atoms with Crippen molar-refractivity contribution in [1.82, 2.24) is 0 Å². The summed E-state index contributed by atoms with van der Waals surface area (Å²) in [5.74, 6) is -0.138. The summed E-state index contributed by atoms with van der Waals surface area (Å²) in [6.07, 6.45) is 0. The summed E-state index contributed by atoms with van der Waals surface area (Å²) < 4.78 is 0. The first kappa shape index (κ1) is 14.9. The zero-order valence-corrected chi connectivity index (χ0v) is 11.9. The molecule has 21 heavy (non-hydrogen) atoms. The Balaban J connectivity index is 2.06. The second kappa shape index (κ2) is 6.28. The molecule has 3 N–H and O–H groups in total.